The lowest BCUT2D eigenvalue weighted by Crippen LogP contribution is -2.47. The van der Waals surface area contributed by atoms with Gasteiger partial charge < -0.3 is 25.2 Å². The Morgan fingerprint density at radius 2 is 2.04 bits per heavy atom. The zero-order valence-corrected chi connectivity index (χ0v) is 15.6. The second-order valence-electron chi connectivity index (χ2n) is 5.45. The van der Waals surface area contributed by atoms with Crippen LogP contribution in [0.3, 0.4) is 0 Å². The standard InChI is InChI=1S/C15H22N4O6S/c1-9-6-12(18-25-9)17-13(21)7-26-8-14(22)19(10(2)15(23)24)5-4-16-11(3)20/h6,10H,4-5,7-8H2,1-3H3,(H,16,20)(H,23,24)(H,17,18,21). The first kappa shape index (κ1) is 21.5. The Balaban J connectivity index is 2.47. The summed E-state index contributed by atoms with van der Waals surface area (Å²) in [5.41, 5.74) is 0. The number of hydrogen-bond acceptors (Lipinski definition) is 7. The second kappa shape index (κ2) is 10.4. The molecule has 0 spiro atoms. The van der Waals surface area contributed by atoms with Crippen molar-refractivity contribution < 1.29 is 28.8 Å². The molecular formula is C15H22N4O6S. The van der Waals surface area contributed by atoms with Crippen molar-refractivity contribution in [2.75, 3.05) is 29.9 Å². The number of carbonyl (C=O) groups excluding carboxylic acids is 3. The maximum absolute atomic E-state index is 12.3. The fraction of sp³-hybridized carbons (Fsp3) is 0.533. The van der Waals surface area contributed by atoms with Crippen LogP contribution in [0.2, 0.25) is 0 Å². The summed E-state index contributed by atoms with van der Waals surface area (Å²) in [6.07, 6.45) is 0. The molecule has 1 heterocycles. The second-order valence-corrected chi connectivity index (χ2v) is 6.43. The Hall–Kier alpha value is -2.56. The molecule has 3 N–H and O–H groups in total. The van der Waals surface area contributed by atoms with Gasteiger partial charge in [-0.15, -0.1) is 11.8 Å². The number of hydrogen-bond donors (Lipinski definition) is 3. The normalized spacial score (nSPS) is 11.5. The zero-order chi connectivity index (χ0) is 19.7. The number of anilines is 1. The first-order chi connectivity index (χ1) is 12.2. The Morgan fingerprint density at radius 1 is 1.35 bits per heavy atom. The molecule has 3 amide bonds. The summed E-state index contributed by atoms with van der Waals surface area (Å²) in [5, 5.41) is 17.8. The quantitative estimate of drug-likeness (QED) is 0.514. The minimum Gasteiger partial charge on any atom is -0.480 e. The van der Waals surface area contributed by atoms with Crippen molar-refractivity contribution in [1.82, 2.24) is 15.4 Å². The van der Waals surface area contributed by atoms with E-state index in [9.17, 15) is 19.2 Å². The summed E-state index contributed by atoms with van der Waals surface area (Å²) in [7, 11) is 0. The number of thioether (sulfide) groups is 1. The van der Waals surface area contributed by atoms with E-state index in [0.717, 1.165) is 16.7 Å². The molecule has 0 saturated carbocycles. The largest absolute Gasteiger partial charge is 0.480 e. The van der Waals surface area contributed by atoms with Crippen LogP contribution in [0.25, 0.3) is 0 Å². The van der Waals surface area contributed by atoms with E-state index >= 15 is 0 Å². The van der Waals surface area contributed by atoms with E-state index in [1.807, 2.05) is 0 Å². The van der Waals surface area contributed by atoms with E-state index in [1.54, 1.807) is 13.0 Å². The molecular weight excluding hydrogens is 364 g/mol. The van der Waals surface area contributed by atoms with Gasteiger partial charge >= 0.3 is 5.97 Å². The Morgan fingerprint density at radius 3 is 2.58 bits per heavy atom. The number of nitrogens with one attached hydrogen (secondary N) is 2. The van der Waals surface area contributed by atoms with Gasteiger partial charge in [0.25, 0.3) is 0 Å². The maximum Gasteiger partial charge on any atom is 0.326 e. The Labute approximate surface area is 154 Å². The van der Waals surface area contributed by atoms with E-state index in [0.29, 0.717) is 5.76 Å². The van der Waals surface area contributed by atoms with Gasteiger partial charge in [-0.2, -0.15) is 0 Å². The first-order valence-corrected chi connectivity index (χ1v) is 8.93. The van der Waals surface area contributed by atoms with Gasteiger partial charge in [-0.3, -0.25) is 14.4 Å². The highest BCUT2D eigenvalue weighted by Gasteiger charge is 2.25. The molecule has 0 bridgehead atoms. The molecule has 0 aliphatic carbocycles. The third kappa shape index (κ3) is 7.55. The van der Waals surface area contributed by atoms with Crippen molar-refractivity contribution in [3.8, 4) is 0 Å². The van der Waals surface area contributed by atoms with Gasteiger partial charge in [0.05, 0.1) is 11.5 Å². The molecule has 144 valence electrons. The summed E-state index contributed by atoms with van der Waals surface area (Å²) in [6, 6.07) is 0.523. The molecule has 1 atom stereocenters. The van der Waals surface area contributed by atoms with E-state index in [4.69, 9.17) is 9.63 Å². The lowest BCUT2D eigenvalue weighted by Gasteiger charge is -2.26. The molecule has 1 rings (SSSR count). The molecule has 0 aliphatic heterocycles. The van der Waals surface area contributed by atoms with Gasteiger partial charge in [-0.1, -0.05) is 5.16 Å². The van der Waals surface area contributed by atoms with Gasteiger partial charge in [-0.05, 0) is 13.8 Å². The first-order valence-electron chi connectivity index (χ1n) is 7.78. The van der Waals surface area contributed by atoms with Crippen LogP contribution in [0.15, 0.2) is 10.6 Å². The van der Waals surface area contributed by atoms with Crippen LogP contribution in [-0.4, -0.2) is 69.5 Å². The van der Waals surface area contributed by atoms with Crippen LogP contribution >= 0.6 is 11.8 Å². The van der Waals surface area contributed by atoms with Crippen LogP contribution in [-0.2, 0) is 19.2 Å². The fourth-order valence-corrected chi connectivity index (χ4v) is 2.64. The average Bonchev–Trinajstić information content (AvgIpc) is 2.95. The van der Waals surface area contributed by atoms with E-state index < -0.39 is 17.9 Å². The smallest absolute Gasteiger partial charge is 0.326 e. The molecule has 0 fully saturated rings. The molecule has 26 heavy (non-hydrogen) atoms. The number of aliphatic carboxylic acids is 1. The van der Waals surface area contributed by atoms with Crippen LogP contribution in [0.4, 0.5) is 5.82 Å². The minimum atomic E-state index is -1.15. The van der Waals surface area contributed by atoms with Crippen molar-refractivity contribution in [1.29, 1.82) is 0 Å². The van der Waals surface area contributed by atoms with Gasteiger partial charge in [0, 0.05) is 26.1 Å². The van der Waals surface area contributed by atoms with Crippen LogP contribution < -0.4 is 10.6 Å². The van der Waals surface area contributed by atoms with E-state index in [-0.39, 0.29) is 42.2 Å². The minimum absolute atomic E-state index is 0.00135. The molecule has 11 heteroatoms. The maximum atomic E-state index is 12.3. The third-order valence-corrected chi connectivity index (χ3v) is 4.14. The van der Waals surface area contributed by atoms with Crippen molar-refractivity contribution in [2.24, 2.45) is 0 Å². The zero-order valence-electron chi connectivity index (χ0n) is 14.8. The number of nitrogens with zero attached hydrogens (tertiary/aromatic N) is 2. The van der Waals surface area contributed by atoms with Gasteiger partial charge in [0.15, 0.2) is 5.82 Å². The van der Waals surface area contributed by atoms with Crippen LogP contribution in [0.5, 0.6) is 0 Å². The monoisotopic (exact) mass is 386 g/mol. The van der Waals surface area contributed by atoms with Crippen molar-refractivity contribution >= 4 is 41.3 Å². The third-order valence-electron chi connectivity index (χ3n) is 3.23. The van der Waals surface area contributed by atoms with Gasteiger partial charge in [-0.25, -0.2) is 4.79 Å². The summed E-state index contributed by atoms with van der Waals surface area (Å²) in [6.45, 7) is 4.62. The molecule has 1 unspecified atom stereocenters. The van der Waals surface area contributed by atoms with Crippen LogP contribution in [0.1, 0.15) is 19.6 Å². The van der Waals surface area contributed by atoms with Crippen LogP contribution in [0, 0.1) is 6.92 Å². The number of amides is 3. The lowest BCUT2D eigenvalue weighted by molar-refractivity contribution is -0.148. The summed E-state index contributed by atoms with van der Waals surface area (Å²) >= 11 is 1.05. The molecule has 1 aromatic heterocycles. The Bertz CT molecular complexity index is 662. The predicted octanol–water partition coefficient (Wildman–Crippen LogP) is 0.0925. The SMILES string of the molecule is CC(=O)NCCN(C(=O)CSCC(=O)Nc1cc(C)on1)C(C)C(=O)O. The molecule has 0 aromatic carbocycles. The van der Waals surface area contributed by atoms with E-state index in [2.05, 4.69) is 15.8 Å². The molecule has 10 nitrogen and oxygen atoms in total. The molecule has 0 saturated heterocycles. The number of aromatic nitrogens is 1. The number of carboxylic acid groups (broad SMARTS) is 1. The lowest BCUT2D eigenvalue weighted by atomic mass is 10.3. The highest BCUT2D eigenvalue weighted by molar-refractivity contribution is 8.00. The summed E-state index contributed by atoms with van der Waals surface area (Å²) < 4.78 is 4.82. The number of carbonyl (C=O) groups is 4. The number of rotatable bonds is 10. The number of carboxylic acids is 1. The number of aryl methyl sites for hydroxylation is 1. The van der Waals surface area contributed by atoms with Crippen molar-refractivity contribution in [3.05, 3.63) is 11.8 Å². The predicted molar refractivity (Wildman–Crippen MR) is 94.7 cm³/mol. The fourth-order valence-electron chi connectivity index (χ4n) is 1.94. The topological polar surface area (TPSA) is 142 Å². The molecule has 1 aromatic rings. The Kier molecular flexibility index (Phi) is 8.62. The average molecular weight is 386 g/mol. The van der Waals surface area contributed by atoms with Crippen molar-refractivity contribution in [3.63, 3.8) is 0 Å². The van der Waals surface area contributed by atoms with E-state index in [1.165, 1.54) is 13.8 Å². The summed E-state index contributed by atoms with van der Waals surface area (Å²) in [5.74, 6) is -1.43. The highest BCUT2D eigenvalue weighted by atomic mass is 32.2. The summed E-state index contributed by atoms with van der Waals surface area (Å²) in [4.78, 5) is 47.3. The molecule has 0 radical (unpaired) electrons. The van der Waals surface area contributed by atoms with Crippen molar-refractivity contribution in [2.45, 2.75) is 26.8 Å². The van der Waals surface area contributed by atoms with Gasteiger partial charge in [0.2, 0.25) is 17.7 Å². The molecule has 0 aliphatic rings. The van der Waals surface area contributed by atoms with Gasteiger partial charge in [0.1, 0.15) is 11.8 Å². The highest BCUT2D eigenvalue weighted by Crippen LogP contribution is 2.10.